The summed E-state index contributed by atoms with van der Waals surface area (Å²) >= 11 is 5.63. The largest absolute Gasteiger partial charge is 0.504 e. The first kappa shape index (κ1) is 10.1. The van der Waals surface area contributed by atoms with Crippen molar-refractivity contribution in [3.05, 3.63) is 17.7 Å². The van der Waals surface area contributed by atoms with Gasteiger partial charge in [0.15, 0.2) is 11.5 Å². The third-order valence-electron chi connectivity index (χ3n) is 2.28. The summed E-state index contributed by atoms with van der Waals surface area (Å²) in [5, 5.41) is 18.6. The first-order chi connectivity index (χ1) is 7.20. The van der Waals surface area contributed by atoms with Crippen molar-refractivity contribution in [2.45, 2.75) is 6.54 Å². The highest BCUT2D eigenvalue weighted by molar-refractivity contribution is 6.18. The molecule has 0 aromatic heterocycles. The van der Waals surface area contributed by atoms with Crippen LogP contribution >= 0.6 is 11.6 Å². The highest BCUT2D eigenvalue weighted by Gasteiger charge is 2.14. The molecule has 1 heterocycles. The van der Waals surface area contributed by atoms with Crippen LogP contribution in [-0.4, -0.2) is 33.9 Å². The van der Waals surface area contributed by atoms with Gasteiger partial charge in [0.2, 0.25) is 0 Å². The number of benzene rings is 1. The van der Waals surface area contributed by atoms with E-state index in [9.17, 15) is 10.2 Å². The van der Waals surface area contributed by atoms with Crippen molar-refractivity contribution in [2.75, 3.05) is 12.4 Å². The minimum Gasteiger partial charge on any atom is -0.504 e. The lowest BCUT2D eigenvalue weighted by Crippen LogP contribution is -2.25. The van der Waals surface area contributed by atoms with Crippen molar-refractivity contribution >= 4 is 23.6 Å². The van der Waals surface area contributed by atoms with E-state index in [0.29, 0.717) is 24.7 Å². The fraction of sp³-hybridized carbons (Fsp3) is 0.300. The van der Waals surface area contributed by atoms with Gasteiger partial charge in [-0.05, 0) is 6.07 Å². The first-order valence-electron chi connectivity index (χ1n) is 4.60. The second-order valence-electron chi connectivity index (χ2n) is 3.37. The van der Waals surface area contributed by atoms with Crippen molar-refractivity contribution in [1.29, 1.82) is 0 Å². The Morgan fingerprint density at radius 1 is 1.33 bits per heavy atom. The Bertz CT molecular complexity index is 407. The van der Waals surface area contributed by atoms with E-state index in [1.807, 2.05) is 4.90 Å². The molecule has 2 rings (SSSR count). The zero-order chi connectivity index (χ0) is 10.8. The number of halogens is 1. The van der Waals surface area contributed by atoms with Gasteiger partial charge in [0.05, 0.1) is 12.0 Å². The summed E-state index contributed by atoms with van der Waals surface area (Å²) in [6.45, 7) is 1.37. The molecule has 5 heteroatoms. The number of phenolic OH excluding ortho intramolecular Hbond substituents is 2. The van der Waals surface area contributed by atoms with Crippen molar-refractivity contribution in [3.63, 3.8) is 0 Å². The van der Waals surface area contributed by atoms with E-state index >= 15 is 0 Å². The van der Waals surface area contributed by atoms with Crippen LogP contribution in [0.4, 0.5) is 5.69 Å². The van der Waals surface area contributed by atoms with Gasteiger partial charge >= 0.3 is 0 Å². The lowest BCUT2D eigenvalue weighted by molar-refractivity contribution is 0.399. The molecule has 0 radical (unpaired) electrons. The molecular formula is C10H11ClN2O2. The van der Waals surface area contributed by atoms with E-state index < -0.39 is 0 Å². The second kappa shape index (κ2) is 3.98. The van der Waals surface area contributed by atoms with Gasteiger partial charge in [-0.15, -0.1) is 11.6 Å². The maximum absolute atomic E-state index is 9.34. The summed E-state index contributed by atoms with van der Waals surface area (Å²) in [5.41, 5.74) is 1.58. The van der Waals surface area contributed by atoms with Gasteiger partial charge in [-0.25, -0.2) is 4.99 Å². The zero-order valence-electron chi connectivity index (χ0n) is 8.02. The molecule has 1 aromatic carbocycles. The average Bonchev–Trinajstić information content (AvgIpc) is 2.21. The highest BCUT2D eigenvalue weighted by Crippen LogP contribution is 2.34. The Labute approximate surface area is 92.4 Å². The third kappa shape index (κ3) is 1.99. The lowest BCUT2D eigenvalue weighted by atomic mass is 10.1. The van der Waals surface area contributed by atoms with E-state index in [2.05, 4.69) is 4.99 Å². The predicted molar refractivity (Wildman–Crippen MR) is 59.1 cm³/mol. The van der Waals surface area contributed by atoms with Crippen LogP contribution in [-0.2, 0) is 6.54 Å². The van der Waals surface area contributed by atoms with Crippen LogP contribution in [0, 0.1) is 0 Å². The third-order valence-corrected chi connectivity index (χ3v) is 2.45. The molecule has 0 aliphatic carbocycles. The number of fused-ring (bicyclic) bond motifs is 1. The van der Waals surface area contributed by atoms with Crippen LogP contribution in [0.1, 0.15) is 5.56 Å². The minimum atomic E-state index is -0.142. The van der Waals surface area contributed by atoms with Crippen LogP contribution in [0.15, 0.2) is 17.1 Å². The topological polar surface area (TPSA) is 56.1 Å². The molecule has 1 aromatic rings. The molecule has 1 aliphatic rings. The van der Waals surface area contributed by atoms with Gasteiger partial charge in [-0.1, -0.05) is 0 Å². The molecule has 0 fully saturated rings. The summed E-state index contributed by atoms with van der Waals surface area (Å²) in [4.78, 5) is 6.12. The standard InChI is InChI=1S/C10H11ClN2O2/c11-1-2-13-5-7-3-9(14)10(15)4-8(7)12-6-13/h3-4,6,14-15H,1-2,5H2. The molecule has 80 valence electrons. The number of hydrogen-bond donors (Lipinski definition) is 2. The van der Waals surface area contributed by atoms with Gasteiger partial charge in [0.25, 0.3) is 0 Å². The summed E-state index contributed by atoms with van der Waals surface area (Å²) in [6.07, 6.45) is 1.70. The van der Waals surface area contributed by atoms with Gasteiger partial charge < -0.3 is 15.1 Å². The highest BCUT2D eigenvalue weighted by atomic mass is 35.5. The fourth-order valence-electron chi connectivity index (χ4n) is 1.50. The number of phenols is 2. The SMILES string of the molecule is Oc1cc2c(cc1O)N=CN(CCCl)C2. The van der Waals surface area contributed by atoms with Crippen LogP contribution < -0.4 is 0 Å². The van der Waals surface area contributed by atoms with E-state index in [1.54, 1.807) is 6.34 Å². The number of aromatic hydroxyl groups is 2. The zero-order valence-corrected chi connectivity index (χ0v) is 8.78. The Morgan fingerprint density at radius 3 is 2.80 bits per heavy atom. The molecular weight excluding hydrogens is 216 g/mol. The smallest absolute Gasteiger partial charge is 0.159 e. The molecule has 0 saturated heterocycles. The average molecular weight is 227 g/mol. The van der Waals surface area contributed by atoms with Crippen LogP contribution in [0.25, 0.3) is 0 Å². The monoisotopic (exact) mass is 226 g/mol. The maximum Gasteiger partial charge on any atom is 0.159 e. The molecule has 0 bridgehead atoms. The van der Waals surface area contributed by atoms with Gasteiger partial charge in [-0.2, -0.15) is 0 Å². The fourth-order valence-corrected chi connectivity index (χ4v) is 1.72. The van der Waals surface area contributed by atoms with E-state index in [1.165, 1.54) is 12.1 Å². The van der Waals surface area contributed by atoms with E-state index in [4.69, 9.17) is 11.6 Å². The van der Waals surface area contributed by atoms with Gasteiger partial charge in [0, 0.05) is 30.6 Å². The summed E-state index contributed by atoms with van der Waals surface area (Å²) in [6, 6.07) is 2.99. The first-order valence-corrected chi connectivity index (χ1v) is 5.13. The number of alkyl halides is 1. The Balaban J connectivity index is 2.29. The van der Waals surface area contributed by atoms with Crippen molar-refractivity contribution in [1.82, 2.24) is 4.90 Å². The molecule has 0 saturated carbocycles. The van der Waals surface area contributed by atoms with Crippen molar-refractivity contribution < 1.29 is 10.2 Å². The molecule has 0 spiro atoms. The van der Waals surface area contributed by atoms with Crippen LogP contribution in [0.2, 0.25) is 0 Å². The summed E-state index contributed by atoms with van der Waals surface area (Å²) in [5.74, 6) is 0.277. The number of aliphatic imine (C=N–C) groups is 1. The van der Waals surface area contributed by atoms with Crippen molar-refractivity contribution in [3.8, 4) is 11.5 Å². The van der Waals surface area contributed by atoms with Crippen LogP contribution in [0.3, 0.4) is 0 Å². The summed E-state index contributed by atoms with van der Waals surface area (Å²) < 4.78 is 0. The molecule has 4 nitrogen and oxygen atoms in total. The van der Waals surface area contributed by atoms with Gasteiger partial charge in [-0.3, -0.25) is 0 Å². The van der Waals surface area contributed by atoms with E-state index in [0.717, 1.165) is 5.56 Å². The Hall–Kier alpha value is -1.42. The van der Waals surface area contributed by atoms with E-state index in [-0.39, 0.29) is 11.5 Å². The minimum absolute atomic E-state index is 0.114. The normalized spacial score (nSPS) is 14.1. The molecule has 0 atom stereocenters. The van der Waals surface area contributed by atoms with Gasteiger partial charge in [0.1, 0.15) is 0 Å². The number of hydrogen-bond acceptors (Lipinski definition) is 4. The molecule has 0 unspecified atom stereocenters. The molecule has 0 amide bonds. The molecule has 15 heavy (non-hydrogen) atoms. The number of nitrogens with zero attached hydrogens (tertiary/aromatic N) is 2. The summed E-state index contributed by atoms with van der Waals surface area (Å²) in [7, 11) is 0. The molecule has 2 N–H and O–H groups in total. The predicted octanol–water partition coefficient (Wildman–Crippen LogP) is 1.81. The Morgan fingerprint density at radius 2 is 2.07 bits per heavy atom. The maximum atomic E-state index is 9.34. The van der Waals surface area contributed by atoms with Crippen molar-refractivity contribution in [2.24, 2.45) is 4.99 Å². The molecule has 1 aliphatic heterocycles. The Kier molecular flexibility index (Phi) is 2.68. The van der Waals surface area contributed by atoms with Crippen LogP contribution in [0.5, 0.6) is 11.5 Å². The second-order valence-corrected chi connectivity index (χ2v) is 3.75. The lowest BCUT2D eigenvalue weighted by Gasteiger charge is -2.23. The quantitative estimate of drug-likeness (QED) is 0.597. The number of rotatable bonds is 2.